The second-order valence-electron chi connectivity index (χ2n) is 3.47. The lowest BCUT2D eigenvalue weighted by Gasteiger charge is -2.02. The molecule has 2 aromatic heterocycles. The van der Waals surface area contributed by atoms with Gasteiger partial charge < -0.3 is 5.73 Å². The van der Waals surface area contributed by atoms with Crippen molar-refractivity contribution in [1.82, 2.24) is 19.7 Å². The molecule has 0 unspecified atom stereocenters. The number of aromatic nitrogens is 4. The van der Waals surface area contributed by atoms with E-state index in [9.17, 15) is 0 Å². The SMILES string of the molecule is CCc1nn(-c2ncccn2)c(CC)c1N. The molecule has 0 atom stereocenters. The normalized spacial score (nSPS) is 10.6. The smallest absolute Gasteiger partial charge is 0.250 e. The largest absolute Gasteiger partial charge is 0.396 e. The highest BCUT2D eigenvalue weighted by molar-refractivity contribution is 5.50. The van der Waals surface area contributed by atoms with Gasteiger partial charge in [-0.2, -0.15) is 5.10 Å². The molecule has 0 amide bonds. The molecular formula is C11H15N5. The molecular weight excluding hydrogens is 202 g/mol. The van der Waals surface area contributed by atoms with Crippen LogP contribution in [0.1, 0.15) is 25.2 Å². The third kappa shape index (κ3) is 1.64. The van der Waals surface area contributed by atoms with Crippen LogP contribution < -0.4 is 5.73 Å². The lowest BCUT2D eigenvalue weighted by Crippen LogP contribution is -2.06. The van der Waals surface area contributed by atoms with Gasteiger partial charge in [0.05, 0.1) is 17.1 Å². The molecule has 0 fully saturated rings. The van der Waals surface area contributed by atoms with Gasteiger partial charge in [-0.3, -0.25) is 0 Å². The van der Waals surface area contributed by atoms with E-state index in [1.165, 1.54) is 0 Å². The van der Waals surface area contributed by atoms with Crippen LogP contribution in [-0.2, 0) is 12.8 Å². The average Bonchev–Trinajstić information content (AvgIpc) is 2.66. The fourth-order valence-electron chi connectivity index (χ4n) is 1.68. The Morgan fingerprint density at radius 2 is 1.88 bits per heavy atom. The lowest BCUT2D eigenvalue weighted by atomic mass is 10.2. The Balaban J connectivity index is 2.57. The molecule has 0 aliphatic carbocycles. The Hall–Kier alpha value is -1.91. The van der Waals surface area contributed by atoms with Crippen molar-refractivity contribution in [2.75, 3.05) is 5.73 Å². The molecule has 0 bridgehead atoms. The van der Waals surface area contributed by atoms with Gasteiger partial charge in [0.15, 0.2) is 0 Å². The average molecular weight is 217 g/mol. The van der Waals surface area contributed by atoms with Crippen molar-refractivity contribution in [2.24, 2.45) is 0 Å². The predicted octanol–water partition coefficient (Wildman–Crippen LogP) is 1.37. The zero-order valence-electron chi connectivity index (χ0n) is 9.51. The molecule has 16 heavy (non-hydrogen) atoms. The summed E-state index contributed by atoms with van der Waals surface area (Å²) in [6.45, 7) is 4.08. The van der Waals surface area contributed by atoms with Gasteiger partial charge in [-0.1, -0.05) is 13.8 Å². The minimum absolute atomic E-state index is 0.575. The van der Waals surface area contributed by atoms with E-state index in [0.29, 0.717) is 5.95 Å². The van der Waals surface area contributed by atoms with Crippen molar-refractivity contribution in [3.05, 3.63) is 29.8 Å². The van der Waals surface area contributed by atoms with E-state index in [1.54, 1.807) is 23.1 Å². The third-order valence-electron chi connectivity index (χ3n) is 2.51. The third-order valence-corrected chi connectivity index (χ3v) is 2.51. The Labute approximate surface area is 94.3 Å². The summed E-state index contributed by atoms with van der Waals surface area (Å²) in [6.07, 6.45) is 5.03. The fraction of sp³-hybridized carbons (Fsp3) is 0.364. The Bertz CT molecular complexity index is 475. The number of hydrogen-bond donors (Lipinski definition) is 1. The van der Waals surface area contributed by atoms with E-state index >= 15 is 0 Å². The maximum atomic E-state index is 6.02. The first-order valence-corrected chi connectivity index (χ1v) is 5.41. The van der Waals surface area contributed by atoms with Gasteiger partial charge in [-0.05, 0) is 18.9 Å². The summed E-state index contributed by atoms with van der Waals surface area (Å²) in [5.41, 5.74) is 8.67. The number of nitrogens with two attached hydrogens (primary N) is 1. The molecule has 84 valence electrons. The molecule has 0 saturated carbocycles. The summed E-state index contributed by atoms with van der Waals surface area (Å²) in [7, 11) is 0. The van der Waals surface area contributed by atoms with Crippen molar-refractivity contribution in [1.29, 1.82) is 0 Å². The molecule has 0 radical (unpaired) electrons. The quantitative estimate of drug-likeness (QED) is 0.843. The van der Waals surface area contributed by atoms with Crippen molar-refractivity contribution in [3.63, 3.8) is 0 Å². The lowest BCUT2D eigenvalue weighted by molar-refractivity contribution is 0.746. The van der Waals surface area contributed by atoms with Gasteiger partial charge >= 0.3 is 0 Å². The van der Waals surface area contributed by atoms with Crippen LogP contribution in [0.3, 0.4) is 0 Å². The highest BCUT2D eigenvalue weighted by Crippen LogP contribution is 2.20. The van der Waals surface area contributed by atoms with Crippen LogP contribution in [-0.4, -0.2) is 19.7 Å². The number of aryl methyl sites for hydroxylation is 1. The maximum Gasteiger partial charge on any atom is 0.250 e. The summed E-state index contributed by atoms with van der Waals surface area (Å²) in [6, 6.07) is 1.78. The van der Waals surface area contributed by atoms with Crippen molar-refractivity contribution in [3.8, 4) is 5.95 Å². The van der Waals surface area contributed by atoms with Crippen LogP contribution >= 0.6 is 0 Å². The van der Waals surface area contributed by atoms with E-state index in [-0.39, 0.29) is 0 Å². The monoisotopic (exact) mass is 217 g/mol. The van der Waals surface area contributed by atoms with Crippen molar-refractivity contribution < 1.29 is 0 Å². The summed E-state index contributed by atoms with van der Waals surface area (Å²) in [5, 5.41) is 4.44. The zero-order valence-corrected chi connectivity index (χ0v) is 9.51. The first-order chi connectivity index (χ1) is 7.77. The number of nitrogens with zero attached hydrogens (tertiary/aromatic N) is 4. The van der Waals surface area contributed by atoms with Crippen molar-refractivity contribution >= 4 is 5.69 Å². The molecule has 0 spiro atoms. The standard InChI is InChI=1S/C11H15N5/c1-3-8-10(12)9(4-2)16(15-8)11-13-6-5-7-14-11/h5-7H,3-4,12H2,1-2H3. The Morgan fingerprint density at radius 3 is 2.44 bits per heavy atom. The number of hydrogen-bond acceptors (Lipinski definition) is 4. The van der Waals surface area contributed by atoms with Crippen LogP contribution in [0.15, 0.2) is 18.5 Å². The Morgan fingerprint density at radius 1 is 1.19 bits per heavy atom. The first kappa shape index (κ1) is 10.6. The zero-order chi connectivity index (χ0) is 11.5. The molecule has 2 aromatic rings. The maximum absolute atomic E-state index is 6.02. The molecule has 5 nitrogen and oxygen atoms in total. The van der Waals surface area contributed by atoms with E-state index in [4.69, 9.17) is 5.73 Å². The summed E-state index contributed by atoms with van der Waals surface area (Å²) in [4.78, 5) is 8.36. The van der Waals surface area contributed by atoms with Crippen molar-refractivity contribution in [2.45, 2.75) is 26.7 Å². The van der Waals surface area contributed by atoms with Crippen LogP contribution in [0.5, 0.6) is 0 Å². The second kappa shape index (κ2) is 4.30. The van der Waals surface area contributed by atoms with Gasteiger partial charge in [0.1, 0.15) is 0 Å². The topological polar surface area (TPSA) is 69.6 Å². The molecule has 0 saturated heterocycles. The van der Waals surface area contributed by atoms with Gasteiger partial charge in [-0.25, -0.2) is 14.6 Å². The fourth-order valence-corrected chi connectivity index (χ4v) is 1.68. The van der Waals surface area contributed by atoms with Crippen LogP contribution in [0.4, 0.5) is 5.69 Å². The van der Waals surface area contributed by atoms with Gasteiger partial charge in [0.2, 0.25) is 0 Å². The van der Waals surface area contributed by atoms with Gasteiger partial charge in [0, 0.05) is 12.4 Å². The van der Waals surface area contributed by atoms with Gasteiger partial charge in [-0.15, -0.1) is 0 Å². The second-order valence-corrected chi connectivity index (χ2v) is 3.47. The number of rotatable bonds is 3. The first-order valence-electron chi connectivity index (χ1n) is 5.41. The summed E-state index contributed by atoms with van der Waals surface area (Å²) in [5.74, 6) is 0.575. The molecule has 0 aromatic carbocycles. The molecule has 2 rings (SSSR count). The highest BCUT2D eigenvalue weighted by atomic mass is 15.4. The van der Waals surface area contributed by atoms with Gasteiger partial charge in [0.25, 0.3) is 5.95 Å². The Kier molecular flexibility index (Phi) is 2.85. The highest BCUT2D eigenvalue weighted by Gasteiger charge is 2.14. The van der Waals surface area contributed by atoms with Crippen LogP contribution in [0.2, 0.25) is 0 Å². The van der Waals surface area contributed by atoms with E-state index in [0.717, 1.165) is 29.9 Å². The molecule has 0 aliphatic rings. The summed E-state index contributed by atoms with van der Waals surface area (Å²) >= 11 is 0. The number of nitrogen functional groups attached to an aromatic ring is 1. The molecule has 2 N–H and O–H groups in total. The minimum atomic E-state index is 0.575. The molecule has 2 heterocycles. The van der Waals surface area contributed by atoms with Crippen LogP contribution in [0.25, 0.3) is 5.95 Å². The molecule has 5 heteroatoms. The minimum Gasteiger partial charge on any atom is -0.396 e. The van der Waals surface area contributed by atoms with E-state index < -0.39 is 0 Å². The summed E-state index contributed by atoms with van der Waals surface area (Å²) < 4.78 is 1.73. The van der Waals surface area contributed by atoms with Crippen LogP contribution in [0, 0.1) is 0 Å². The van der Waals surface area contributed by atoms with E-state index in [2.05, 4.69) is 15.1 Å². The van der Waals surface area contributed by atoms with E-state index in [1.807, 2.05) is 13.8 Å². The number of anilines is 1. The molecule has 0 aliphatic heterocycles. The predicted molar refractivity (Wildman–Crippen MR) is 62.3 cm³/mol.